The fourth-order valence-corrected chi connectivity index (χ4v) is 3.99. The zero-order valence-corrected chi connectivity index (χ0v) is 19.7. The van der Waals surface area contributed by atoms with Gasteiger partial charge in [-0.1, -0.05) is 13.2 Å². The summed E-state index contributed by atoms with van der Waals surface area (Å²) >= 11 is 0. The molecule has 0 spiro atoms. The van der Waals surface area contributed by atoms with Crippen LogP contribution in [0.1, 0.15) is 20.3 Å². The maximum absolute atomic E-state index is 12.5. The Morgan fingerprint density at radius 2 is 1.30 bits per heavy atom. The second-order valence-electron chi connectivity index (χ2n) is 6.57. The molecule has 172 valence electrons. The summed E-state index contributed by atoms with van der Waals surface area (Å²) in [4.78, 5) is 37.1. The first-order valence-electron chi connectivity index (χ1n) is 9.57. The van der Waals surface area contributed by atoms with Crippen LogP contribution in [0.5, 0.6) is 0 Å². The highest BCUT2D eigenvalue weighted by molar-refractivity contribution is 6.60. The molecule has 3 amide bonds. The predicted molar refractivity (Wildman–Crippen MR) is 115 cm³/mol. The largest absolute Gasteiger partial charge is 0.500 e. The Hall–Kier alpha value is -2.21. The Balaban J connectivity index is 4.67. The standard InChI is InChI=1S/C19H35N3O7Si/c1-15(2)17(23)20-9-11-22(12-10-21-18(24)16(3)4)19(25)29-13-8-14-30(26-5,27-6)28-7/h1,3,8-14H2,2,4-7H3,(H,20,23)(H,21,24). The molecule has 11 heteroatoms. The maximum Gasteiger partial charge on any atom is 0.500 e. The first-order valence-corrected chi connectivity index (χ1v) is 11.5. The molecule has 30 heavy (non-hydrogen) atoms. The number of carbonyl (C=O) groups is 3. The minimum absolute atomic E-state index is 0.149. The van der Waals surface area contributed by atoms with Gasteiger partial charge in [-0.25, -0.2) is 4.79 Å². The average Bonchev–Trinajstić information content (AvgIpc) is 2.72. The van der Waals surface area contributed by atoms with Crippen molar-refractivity contribution in [2.75, 3.05) is 54.1 Å². The highest BCUT2D eigenvalue weighted by Crippen LogP contribution is 2.15. The molecule has 2 N–H and O–H groups in total. The van der Waals surface area contributed by atoms with Crippen molar-refractivity contribution in [3.05, 3.63) is 24.3 Å². The summed E-state index contributed by atoms with van der Waals surface area (Å²) in [5, 5.41) is 5.32. The molecule has 0 aromatic heterocycles. The van der Waals surface area contributed by atoms with Gasteiger partial charge in [-0.15, -0.1) is 0 Å². The van der Waals surface area contributed by atoms with Gasteiger partial charge >= 0.3 is 14.9 Å². The van der Waals surface area contributed by atoms with E-state index in [1.54, 1.807) is 13.8 Å². The van der Waals surface area contributed by atoms with Gasteiger partial charge in [0.2, 0.25) is 11.8 Å². The van der Waals surface area contributed by atoms with E-state index in [1.165, 1.54) is 26.2 Å². The topological polar surface area (TPSA) is 115 Å². The number of rotatable bonds is 15. The van der Waals surface area contributed by atoms with Crippen molar-refractivity contribution in [3.8, 4) is 0 Å². The van der Waals surface area contributed by atoms with Crippen LogP contribution < -0.4 is 10.6 Å². The number of hydrogen-bond donors (Lipinski definition) is 2. The van der Waals surface area contributed by atoms with Crippen LogP contribution in [0.25, 0.3) is 0 Å². The number of hydrogen-bond acceptors (Lipinski definition) is 7. The highest BCUT2D eigenvalue weighted by atomic mass is 28.4. The minimum atomic E-state index is -2.72. The normalized spacial score (nSPS) is 10.8. The molecule has 0 aromatic carbocycles. The summed E-state index contributed by atoms with van der Waals surface area (Å²) < 4.78 is 21.3. The lowest BCUT2D eigenvalue weighted by molar-refractivity contribution is -0.118. The molecule has 0 saturated carbocycles. The van der Waals surface area contributed by atoms with E-state index in [9.17, 15) is 14.4 Å². The fraction of sp³-hybridized carbons (Fsp3) is 0.632. The smallest absolute Gasteiger partial charge is 0.449 e. The number of amides is 3. The second kappa shape index (κ2) is 14.7. The van der Waals surface area contributed by atoms with Crippen LogP contribution in [-0.2, 0) is 27.6 Å². The molecular weight excluding hydrogens is 410 g/mol. The first-order chi connectivity index (χ1) is 14.1. The minimum Gasteiger partial charge on any atom is -0.449 e. The summed E-state index contributed by atoms with van der Waals surface area (Å²) in [5.41, 5.74) is 0.750. The van der Waals surface area contributed by atoms with E-state index in [0.29, 0.717) is 23.6 Å². The summed E-state index contributed by atoms with van der Waals surface area (Å²) in [7, 11) is 1.84. The van der Waals surface area contributed by atoms with Crippen molar-refractivity contribution in [1.82, 2.24) is 15.5 Å². The number of ether oxygens (including phenoxy) is 1. The van der Waals surface area contributed by atoms with Gasteiger partial charge in [-0.3, -0.25) is 9.59 Å². The fourth-order valence-electron chi connectivity index (χ4n) is 2.30. The Bertz CT molecular complexity index is 569. The van der Waals surface area contributed by atoms with Gasteiger partial charge in [0.1, 0.15) is 0 Å². The zero-order valence-electron chi connectivity index (χ0n) is 18.7. The van der Waals surface area contributed by atoms with Gasteiger partial charge < -0.3 is 33.5 Å². The van der Waals surface area contributed by atoms with E-state index in [2.05, 4.69) is 23.8 Å². The van der Waals surface area contributed by atoms with E-state index >= 15 is 0 Å². The molecule has 0 rings (SSSR count). The van der Waals surface area contributed by atoms with Crippen LogP contribution in [0, 0.1) is 0 Å². The first kappa shape index (κ1) is 27.8. The molecule has 0 fully saturated rings. The van der Waals surface area contributed by atoms with E-state index in [0.717, 1.165) is 0 Å². The quantitative estimate of drug-likeness (QED) is 0.220. The van der Waals surface area contributed by atoms with Gasteiger partial charge in [-0.05, 0) is 20.3 Å². The van der Waals surface area contributed by atoms with E-state index in [1.807, 2.05) is 0 Å². The molecular formula is C19H35N3O7Si. The van der Waals surface area contributed by atoms with Crippen molar-refractivity contribution < 1.29 is 32.4 Å². The molecule has 0 saturated heterocycles. The van der Waals surface area contributed by atoms with Crippen molar-refractivity contribution in [1.29, 1.82) is 0 Å². The number of nitrogens with one attached hydrogen (secondary N) is 2. The van der Waals surface area contributed by atoms with Gasteiger partial charge in [-0.2, -0.15) is 0 Å². The molecule has 0 aliphatic heterocycles. The monoisotopic (exact) mass is 445 g/mol. The average molecular weight is 446 g/mol. The van der Waals surface area contributed by atoms with Crippen LogP contribution in [0.3, 0.4) is 0 Å². The third-order valence-electron chi connectivity index (χ3n) is 4.15. The van der Waals surface area contributed by atoms with Crippen LogP contribution in [0.2, 0.25) is 6.04 Å². The molecule has 0 bridgehead atoms. The maximum atomic E-state index is 12.5. The van der Waals surface area contributed by atoms with Gasteiger partial charge in [0.25, 0.3) is 0 Å². The molecule has 0 radical (unpaired) electrons. The molecule has 0 unspecified atom stereocenters. The summed E-state index contributed by atoms with van der Waals surface area (Å²) in [6.45, 7) is 11.3. The van der Waals surface area contributed by atoms with Crippen molar-refractivity contribution >= 4 is 26.7 Å². The molecule has 0 aromatic rings. The van der Waals surface area contributed by atoms with Crippen LogP contribution in [0.15, 0.2) is 24.3 Å². The van der Waals surface area contributed by atoms with Crippen molar-refractivity contribution in [2.45, 2.75) is 26.3 Å². The summed E-state index contributed by atoms with van der Waals surface area (Å²) in [5.74, 6) is -0.585. The summed E-state index contributed by atoms with van der Waals surface area (Å²) in [6, 6.07) is 0.493. The van der Waals surface area contributed by atoms with E-state index in [4.69, 9.17) is 18.0 Å². The lowest BCUT2D eigenvalue weighted by Gasteiger charge is -2.25. The Labute approximate surface area is 179 Å². The highest BCUT2D eigenvalue weighted by Gasteiger charge is 2.37. The van der Waals surface area contributed by atoms with E-state index in [-0.39, 0.29) is 44.6 Å². The van der Waals surface area contributed by atoms with Gasteiger partial charge in [0.15, 0.2) is 0 Å². The Morgan fingerprint density at radius 1 is 0.867 bits per heavy atom. The SMILES string of the molecule is C=C(C)C(=O)NCCN(CCNC(=O)C(=C)C)C(=O)OCCC[Si](OC)(OC)OC. The molecule has 0 aliphatic carbocycles. The molecule has 0 heterocycles. The van der Waals surface area contributed by atoms with Crippen LogP contribution >= 0.6 is 0 Å². The van der Waals surface area contributed by atoms with E-state index < -0.39 is 14.9 Å². The van der Waals surface area contributed by atoms with Gasteiger partial charge in [0.05, 0.1) is 6.61 Å². The third-order valence-corrected chi connectivity index (χ3v) is 6.99. The van der Waals surface area contributed by atoms with Crippen molar-refractivity contribution in [3.63, 3.8) is 0 Å². The van der Waals surface area contributed by atoms with Crippen LogP contribution in [-0.4, -0.2) is 85.7 Å². The zero-order chi connectivity index (χ0) is 23.2. The van der Waals surface area contributed by atoms with Crippen molar-refractivity contribution in [2.24, 2.45) is 0 Å². The number of carbonyl (C=O) groups excluding carboxylic acids is 3. The molecule has 0 aliphatic rings. The Kier molecular flexibility index (Phi) is 13.6. The summed E-state index contributed by atoms with van der Waals surface area (Å²) in [6.07, 6.45) is -0.0521. The van der Waals surface area contributed by atoms with Gasteiger partial charge in [0, 0.05) is 64.7 Å². The molecule has 0 atom stereocenters. The predicted octanol–water partition coefficient (Wildman–Crippen LogP) is 1.08. The molecule has 10 nitrogen and oxygen atoms in total. The van der Waals surface area contributed by atoms with Crippen LogP contribution in [0.4, 0.5) is 4.79 Å². The Morgan fingerprint density at radius 3 is 1.67 bits per heavy atom. The second-order valence-corrected chi connectivity index (χ2v) is 9.66. The lowest BCUT2D eigenvalue weighted by atomic mass is 10.3. The number of nitrogens with zero attached hydrogens (tertiary/aromatic N) is 1. The lowest BCUT2D eigenvalue weighted by Crippen LogP contribution is -2.44. The third kappa shape index (κ3) is 10.5.